The Morgan fingerprint density at radius 2 is 1.60 bits per heavy atom. The first kappa shape index (κ1) is 13.6. The minimum Gasteiger partial charge on any atom is -0.385 e. The average Bonchev–Trinajstić information content (AvgIpc) is 2.58. The van der Waals surface area contributed by atoms with E-state index in [-0.39, 0.29) is 0 Å². The van der Waals surface area contributed by atoms with Crippen LogP contribution in [0.5, 0.6) is 0 Å². The van der Waals surface area contributed by atoms with Gasteiger partial charge in [-0.3, -0.25) is 0 Å². The van der Waals surface area contributed by atoms with E-state index >= 15 is 0 Å². The molecule has 20 heavy (non-hydrogen) atoms. The maximum absolute atomic E-state index is 11.3. The monoisotopic (exact) mass is 268 g/mol. The lowest BCUT2D eigenvalue weighted by Crippen LogP contribution is -2.25. The topological polar surface area (TPSA) is 20.2 Å². The predicted octanol–water partition coefficient (Wildman–Crippen LogP) is 5.02. The molecule has 0 aliphatic heterocycles. The van der Waals surface area contributed by atoms with Crippen LogP contribution in [0.2, 0.25) is 0 Å². The average molecular weight is 268 g/mol. The fourth-order valence-corrected chi connectivity index (χ4v) is 3.56. The molecule has 1 unspecified atom stereocenters. The van der Waals surface area contributed by atoms with Gasteiger partial charge in [0.25, 0.3) is 0 Å². The summed E-state index contributed by atoms with van der Waals surface area (Å²) >= 11 is 0. The zero-order valence-electron chi connectivity index (χ0n) is 12.5. The fraction of sp³-hybridized carbons (Fsp3) is 0.474. The molecule has 0 aromatic heterocycles. The van der Waals surface area contributed by atoms with Crippen LogP contribution in [0, 0.1) is 5.41 Å². The number of rotatable bonds is 1. The summed E-state index contributed by atoms with van der Waals surface area (Å²) < 4.78 is 0. The van der Waals surface area contributed by atoms with E-state index in [0.717, 1.165) is 31.2 Å². The zero-order chi connectivity index (χ0) is 14.2. The minimum atomic E-state index is -0.658. The molecule has 106 valence electrons. The molecule has 1 saturated carbocycles. The number of fused-ring (bicyclic) bond motifs is 1. The van der Waals surface area contributed by atoms with Gasteiger partial charge >= 0.3 is 0 Å². The first-order chi connectivity index (χ1) is 9.50. The third-order valence-corrected chi connectivity index (χ3v) is 4.95. The number of benzene rings is 2. The smallest absolute Gasteiger partial charge is 0.0902 e. The third kappa shape index (κ3) is 2.47. The lowest BCUT2D eigenvalue weighted by molar-refractivity contribution is 0.0195. The molecule has 0 saturated heterocycles. The van der Waals surface area contributed by atoms with Crippen molar-refractivity contribution in [3.8, 4) is 0 Å². The lowest BCUT2D eigenvalue weighted by atomic mass is 9.81. The number of hydrogen-bond donors (Lipinski definition) is 1. The van der Waals surface area contributed by atoms with Gasteiger partial charge < -0.3 is 5.11 Å². The van der Waals surface area contributed by atoms with Gasteiger partial charge in [0.05, 0.1) is 5.60 Å². The standard InChI is InChI=1S/C19H24O/c1-18(2)11-6-12-19(20,14-13-18)17-10-5-8-15-7-3-4-9-16(15)17/h3-5,7-10,20H,6,11-14H2,1-2H3. The summed E-state index contributed by atoms with van der Waals surface area (Å²) in [5.74, 6) is 0. The van der Waals surface area contributed by atoms with Gasteiger partial charge in [0.15, 0.2) is 0 Å². The molecule has 1 heteroatoms. The Labute approximate surface area is 121 Å². The largest absolute Gasteiger partial charge is 0.385 e. The van der Waals surface area contributed by atoms with Gasteiger partial charge in [-0.1, -0.05) is 56.3 Å². The van der Waals surface area contributed by atoms with Crippen LogP contribution in [-0.4, -0.2) is 5.11 Å². The number of hydrogen-bond acceptors (Lipinski definition) is 1. The van der Waals surface area contributed by atoms with E-state index in [2.05, 4.69) is 56.3 Å². The Balaban J connectivity index is 2.05. The summed E-state index contributed by atoms with van der Waals surface area (Å²) in [5, 5.41) is 13.7. The van der Waals surface area contributed by atoms with Crippen molar-refractivity contribution in [2.75, 3.05) is 0 Å². The summed E-state index contributed by atoms with van der Waals surface area (Å²) in [4.78, 5) is 0. The van der Waals surface area contributed by atoms with Crippen molar-refractivity contribution in [1.29, 1.82) is 0 Å². The Bertz CT molecular complexity index is 609. The minimum absolute atomic E-state index is 0.356. The SMILES string of the molecule is CC1(C)CCCC(O)(c2cccc3ccccc23)CC1. The molecule has 0 bridgehead atoms. The van der Waals surface area contributed by atoms with E-state index in [1.54, 1.807) is 0 Å². The highest BCUT2D eigenvalue weighted by Crippen LogP contribution is 2.44. The van der Waals surface area contributed by atoms with Gasteiger partial charge in [0.2, 0.25) is 0 Å². The quantitative estimate of drug-likeness (QED) is 0.720. The summed E-state index contributed by atoms with van der Waals surface area (Å²) in [7, 11) is 0. The molecule has 1 fully saturated rings. The van der Waals surface area contributed by atoms with Gasteiger partial charge in [-0.05, 0) is 53.9 Å². The van der Waals surface area contributed by atoms with Crippen LogP contribution in [0.1, 0.15) is 51.5 Å². The second-order valence-electron chi connectivity index (χ2n) is 7.08. The highest BCUT2D eigenvalue weighted by Gasteiger charge is 2.35. The summed E-state index contributed by atoms with van der Waals surface area (Å²) in [6.07, 6.45) is 5.15. The van der Waals surface area contributed by atoms with Crippen LogP contribution in [0.4, 0.5) is 0 Å². The van der Waals surface area contributed by atoms with Gasteiger partial charge in [0.1, 0.15) is 0 Å². The second-order valence-corrected chi connectivity index (χ2v) is 7.08. The van der Waals surface area contributed by atoms with E-state index in [1.807, 2.05) is 0 Å². The molecule has 1 nitrogen and oxygen atoms in total. The van der Waals surface area contributed by atoms with Crippen molar-refractivity contribution in [1.82, 2.24) is 0 Å². The Morgan fingerprint density at radius 1 is 0.850 bits per heavy atom. The van der Waals surface area contributed by atoms with Crippen LogP contribution in [0.25, 0.3) is 10.8 Å². The lowest BCUT2D eigenvalue weighted by Gasteiger charge is -2.29. The van der Waals surface area contributed by atoms with Crippen LogP contribution in [0.3, 0.4) is 0 Å². The number of aliphatic hydroxyl groups is 1. The van der Waals surface area contributed by atoms with Gasteiger partial charge in [-0.2, -0.15) is 0 Å². The first-order valence-electron chi connectivity index (χ1n) is 7.71. The zero-order valence-corrected chi connectivity index (χ0v) is 12.5. The molecule has 1 atom stereocenters. The van der Waals surface area contributed by atoms with E-state index in [9.17, 15) is 5.11 Å². The van der Waals surface area contributed by atoms with Crippen LogP contribution >= 0.6 is 0 Å². The Hall–Kier alpha value is -1.34. The molecule has 1 N–H and O–H groups in total. The van der Waals surface area contributed by atoms with Crippen molar-refractivity contribution in [2.45, 2.75) is 51.6 Å². The van der Waals surface area contributed by atoms with E-state index in [1.165, 1.54) is 17.2 Å². The molecular weight excluding hydrogens is 244 g/mol. The van der Waals surface area contributed by atoms with Crippen molar-refractivity contribution >= 4 is 10.8 Å². The second kappa shape index (κ2) is 4.89. The molecular formula is C19H24O. The van der Waals surface area contributed by atoms with Crippen LogP contribution in [0.15, 0.2) is 42.5 Å². The highest BCUT2D eigenvalue weighted by molar-refractivity contribution is 5.86. The molecule has 1 aliphatic rings. The predicted molar refractivity (Wildman–Crippen MR) is 84.7 cm³/mol. The highest BCUT2D eigenvalue weighted by atomic mass is 16.3. The molecule has 0 amide bonds. The maximum atomic E-state index is 11.3. The van der Waals surface area contributed by atoms with E-state index in [0.29, 0.717) is 5.41 Å². The van der Waals surface area contributed by atoms with E-state index in [4.69, 9.17) is 0 Å². The van der Waals surface area contributed by atoms with Crippen molar-refractivity contribution in [3.63, 3.8) is 0 Å². The maximum Gasteiger partial charge on any atom is 0.0902 e. The molecule has 0 spiro atoms. The molecule has 0 radical (unpaired) electrons. The van der Waals surface area contributed by atoms with Crippen LogP contribution < -0.4 is 0 Å². The Morgan fingerprint density at radius 3 is 2.45 bits per heavy atom. The fourth-order valence-electron chi connectivity index (χ4n) is 3.56. The summed E-state index contributed by atoms with van der Waals surface area (Å²) in [6, 6.07) is 14.7. The van der Waals surface area contributed by atoms with Crippen molar-refractivity contribution < 1.29 is 5.11 Å². The van der Waals surface area contributed by atoms with Crippen molar-refractivity contribution in [3.05, 3.63) is 48.0 Å². The molecule has 3 rings (SSSR count). The molecule has 0 heterocycles. The van der Waals surface area contributed by atoms with Crippen LogP contribution in [-0.2, 0) is 5.60 Å². The summed E-state index contributed by atoms with van der Waals surface area (Å²) in [5.41, 5.74) is 0.817. The Kier molecular flexibility index (Phi) is 3.33. The van der Waals surface area contributed by atoms with Crippen molar-refractivity contribution in [2.24, 2.45) is 5.41 Å². The normalized spacial score (nSPS) is 26.4. The summed E-state index contributed by atoms with van der Waals surface area (Å²) in [6.45, 7) is 4.64. The molecule has 2 aromatic rings. The molecule has 2 aromatic carbocycles. The van der Waals surface area contributed by atoms with Gasteiger partial charge in [-0.25, -0.2) is 0 Å². The molecule has 1 aliphatic carbocycles. The first-order valence-corrected chi connectivity index (χ1v) is 7.71. The van der Waals surface area contributed by atoms with Gasteiger partial charge in [-0.15, -0.1) is 0 Å². The van der Waals surface area contributed by atoms with E-state index < -0.39 is 5.60 Å². The third-order valence-electron chi connectivity index (χ3n) is 4.95. The van der Waals surface area contributed by atoms with Gasteiger partial charge in [0, 0.05) is 0 Å².